The standard InChI is InChI=1S/C49H31N3/c1-3-12-32(13-4-1)33-22-26-36(27-23-33)48-50-47(35-14-5-2-6-15-35)51-49(52-48)37-28-24-34(25-29-37)38-16-7-8-17-39(38)42-30-31-45-41-19-10-9-18-40(41)43-20-11-21-44(42)46(43)45/h1-31H. The number of nitrogens with zero attached hydrogens (tertiary/aromatic N) is 3. The van der Waals surface area contributed by atoms with Crippen LogP contribution in [0.4, 0.5) is 0 Å². The van der Waals surface area contributed by atoms with Crippen LogP contribution in [-0.2, 0) is 0 Å². The molecule has 0 fully saturated rings. The topological polar surface area (TPSA) is 38.7 Å². The van der Waals surface area contributed by atoms with Crippen LogP contribution in [0.3, 0.4) is 0 Å². The highest BCUT2D eigenvalue weighted by Gasteiger charge is 2.23. The zero-order valence-electron chi connectivity index (χ0n) is 28.2. The Hall–Kier alpha value is -6.97. The van der Waals surface area contributed by atoms with E-state index in [1.807, 2.05) is 36.4 Å². The molecule has 0 N–H and O–H groups in total. The van der Waals surface area contributed by atoms with Gasteiger partial charge >= 0.3 is 0 Å². The number of fused-ring (bicyclic) bond motifs is 3. The number of benzene rings is 8. The summed E-state index contributed by atoms with van der Waals surface area (Å²) < 4.78 is 0. The molecular formula is C49H31N3. The minimum atomic E-state index is 0.642. The number of rotatable bonds is 6. The van der Waals surface area contributed by atoms with Crippen molar-refractivity contribution in [3.05, 3.63) is 188 Å². The first-order valence-electron chi connectivity index (χ1n) is 17.6. The summed E-state index contributed by atoms with van der Waals surface area (Å²) in [6.07, 6.45) is 0. The van der Waals surface area contributed by atoms with Gasteiger partial charge in [0.1, 0.15) is 0 Å². The van der Waals surface area contributed by atoms with E-state index in [4.69, 9.17) is 15.0 Å². The van der Waals surface area contributed by atoms with E-state index in [9.17, 15) is 0 Å². The zero-order valence-corrected chi connectivity index (χ0v) is 28.2. The molecule has 8 aromatic carbocycles. The van der Waals surface area contributed by atoms with Crippen molar-refractivity contribution in [2.45, 2.75) is 0 Å². The maximum Gasteiger partial charge on any atom is 0.164 e. The molecule has 0 amide bonds. The van der Waals surface area contributed by atoms with E-state index in [-0.39, 0.29) is 0 Å². The lowest BCUT2D eigenvalue weighted by atomic mass is 9.89. The SMILES string of the molecule is c1ccc(-c2ccc(-c3nc(-c4ccccc4)nc(-c4ccc(-c5ccccc5-c5ccc6c7c(cccc57)-c5ccccc5-6)cc4)n3)cc2)cc1. The predicted octanol–water partition coefficient (Wildman–Crippen LogP) is 12.7. The molecule has 0 saturated heterocycles. The highest BCUT2D eigenvalue weighted by Crippen LogP contribution is 2.50. The Morgan fingerprint density at radius 1 is 0.212 bits per heavy atom. The van der Waals surface area contributed by atoms with Gasteiger partial charge in [0.25, 0.3) is 0 Å². The van der Waals surface area contributed by atoms with Crippen molar-refractivity contribution in [1.29, 1.82) is 0 Å². The van der Waals surface area contributed by atoms with Gasteiger partial charge in [0.15, 0.2) is 17.5 Å². The molecule has 10 rings (SSSR count). The number of aromatic nitrogens is 3. The van der Waals surface area contributed by atoms with Gasteiger partial charge in [0.05, 0.1) is 0 Å². The first kappa shape index (κ1) is 29.9. The van der Waals surface area contributed by atoms with Gasteiger partial charge in [0, 0.05) is 16.7 Å². The van der Waals surface area contributed by atoms with Crippen LogP contribution in [0.5, 0.6) is 0 Å². The molecule has 0 saturated carbocycles. The second-order valence-electron chi connectivity index (χ2n) is 13.2. The van der Waals surface area contributed by atoms with Crippen molar-refractivity contribution in [3.8, 4) is 89.8 Å². The molecular weight excluding hydrogens is 631 g/mol. The molecule has 242 valence electrons. The highest BCUT2D eigenvalue weighted by atomic mass is 15.0. The fourth-order valence-corrected chi connectivity index (χ4v) is 7.60. The minimum absolute atomic E-state index is 0.642. The van der Waals surface area contributed by atoms with Crippen LogP contribution in [0.2, 0.25) is 0 Å². The van der Waals surface area contributed by atoms with Crippen molar-refractivity contribution in [3.63, 3.8) is 0 Å². The Bertz CT molecular complexity index is 2720. The quantitative estimate of drug-likeness (QED) is 0.178. The molecule has 9 aromatic rings. The van der Waals surface area contributed by atoms with E-state index in [1.165, 1.54) is 55.3 Å². The smallest absolute Gasteiger partial charge is 0.164 e. The van der Waals surface area contributed by atoms with Gasteiger partial charge in [0.2, 0.25) is 0 Å². The monoisotopic (exact) mass is 661 g/mol. The van der Waals surface area contributed by atoms with Gasteiger partial charge in [-0.05, 0) is 66.4 Å². The third-order valence-corrected chi connectivity index (χ3v) is 10.1. The maximum atomic E-state index is 5.02. The summed E-state index contributed by atoms with van der Waals surface area (Å²) in [5.41, 5.74) is 15.2. The summed E-state index contributed by atoms with van der Waals surface area (Å²) in [4.78, 5) is 14.9. The first-order valence-corrected chi connectivity index (χ1v) is 17.6. The average molecular weight is 662 g/mol. The van der Waals surface area contributed by atoms with Gasteiger partial charge in [-0.15, -0.1) is 0 Å². The van der Waals surface area contributed by atoms with Gasteiger partial charge in [-0.25, -0.2) is 15.0 Å². The van der Waals surface area contributed by atoms with Gasteiger partial charge in [-0.1, -0.05) is 188 Å². The van der Waals surface area contributed by atoms with E-state index in [1.54, 1.807) is 0 Å². The molecule has 0 bridgehead atoms. The maximum absolute atomic E-state index is 5.02. The van der Waals surface area contributed by atoms with Crippen molar-refractivity contribution in [1.82, 2.24) is 15.0 Å². The Balaban J connectivity index is 1.04. The summed E-state index contributed by atoms with van der Waals surface area (Å²) in [5, 5.41) is 2.61. The second kappa shape index (κ2) is 12.4. The Morgan fingerprint density at radius 3 is 1.15 bits per heavy atom. The molecule has 52 heavy (non-hydrogen) atoms. The number of hydrogen-bond donors (Lipinski definition) is 0. The van der Waals surface area contributed by atoms with Crippen molar-refractivity contribution < 1.29 is 0 Å². The van der Waals surface area contributed by atoms with Gasteiger partial charge in [-0.3, -0.25) is 0 Å². The fraction of sp³-hybridized carbons (Fsp3) is 0. The van der Waals surface area contributed by atoms with E-state index in [0.717, 1.165) is 27.8 Å². The average Bonchev–Trinajstić information content (AvgIpc) is 3.56. The molecule has 0 spiro atoms. The first-order chi connectivity index (χ1) is 25.8. The van der Waals surface area contributed by atoms with Crippen LogP contribution in [0.1, 0.15) is 0 Å². The van der Waals surface area contributed by atoms with Crippen LogP contribution in [0.25, 0.3) is 101 Å². The molecule has 1 aromatic heterocycles. The lowest BCUT2D eigenvalue weighted by Crippen LogP contribution is -2.00. The molecule has 3 heteroatoms. The van der Waals surface area contributed by atoms with E-state index < -0.39 is 0 Å². The van der Waals surface area contributed by atoms with E-state index >= 15 is 0 Å². The molecule has 1 aliphatic carbocycles. The van der Waals surface area contributed by atoms with Crippen molar-refractivity contribution >= 4 is 10.8 Å². The van der Waals surface area contributed by atoms with Crippen LogP contribution in [0.15, 0.2) is 188 Å². The molecule has 0 atom stereocenters. The summed E-state index contributed by atoms with van der Waals surface area (Å²) in [6, 6.07) is 66.3. The second-order valence-corrected chi connectivity index (χ2v) is 13.2. The highest BCUT2D eigenvalue weighted by molar-refractivity contribution is 6.19. The Kier molecular flexibility index (Phi) is 7.14. The van der Waals surface area contributed by atoms with E-state index in [0.29, 0.717) is 17.5 Å². The molecule has 0 unspecified atom stereocenters. The third kappa shape index (κ3) is 5.10. The predicted molar refractivity (Wildman–Crippen MR) is 214 cm³/mol. The largest absolute Gasteiger partial charge is 0.208 e. The lowest BCUT2D eigenvalue weighted by molar-refractivity contribution is 1.07. The Labute approximate surface area is 302 Å². The van der Waals surface area contributed by atoms with Crippen LogP contribution in [0, 0.1) is 0 Å². The summed E-state index contributed by atoms with van der Waals surface area (Å²) in [6.45, 7) is 0. The molecule has 0 aliphatic heterocycles. The van der Waals surface area contributed by atoms with Crippen LogP contribution >= 0.6 is 0 Å². The number of hydrogen-bond acceptors (Lipinski definition) is 3. The van der Waals surface area contributed by atoms with Crippen LogP contribution in [-0.4, -0.2) is 15.0 Å². The normalized spacial score (nSPS) is 11.5. The Morgan fingerprint density at radius 2 is 0.577 bits per heavy atom. The molecule has 3 nitrogen and oxygen atoms in total. The lowest BCUT2D eigenvalue weighted by Gasteiger charge is -2.14. The molecule has 1 aliphatic rings. The van der Waals surface area contributed by atoms with Gasteiger partial charge in [-0.2, -0.15) is 0 Å². The fourth-order valence-electron chi connectivity index (χ4n) is 7.60. The van der Waals surface area contributed by atoms with Crippen molar-refractivity contribution in [2.24, 2.45) is 0 Å². The summed E-state index contributed by atoms with van der Waals surface area (Å²) >= 11 is 0. The third-order valence-electron chi connectivity index (χ3n) is 10.1. The summed E-state index contributed by atoms with van der Waals surface area (Å²) in [7, 11) is 0. The minimum Gasteiger partial charge on any atom is -0.208 e. The zero-order chi connectivity index (χ0) is 34.4. The van der Waals surface area contributed by atoms with E-state index in [2.05, 4.69) is 152 Å². The van der Waals surface area contributed by atoms with Crippen molar-refractivity contribution in [2.75, 3.05) is 0 Å². The summed E-state index contributed by atoms with van der Waals surface area (Å²) in [5.74, 6) is 1.94. The molecule has 0 radical (unpaired) electrons. The molecule has 1 heterocycles. The van der Waals surface area contributed by atoms with Gasteiger partial charge < -0.3 is 0 Å². The van der Waals surface area contributed by atoms with Crippen LogP contribution < -0.4 is 0 Å².